The van der Waals surface area contributed by atoms with E-state index in [-0.39, 0.29) is 23.6 Å². The monoisotopic (exact) mass is 399 g/mol. The van der Waals surface area contributed by atoms with Gasteiger partial charge in [-0.1, -0.05) is 0 Å². The van der Waals surface area contributed by atoms with Crippen LogP contribution in [0.25, 0.3) is 11.2 Å². The SMILES string of the molecule is Nc1ncnc2c1ncn2[C@]1(C2OC[C@@H](O)[C@H](O)[C@H]2O)O[C@H](CO)[C@@H](O)[C@H]1O. The lowest BCUT2D eigenvalue weighted by atomic mass is 9.87. The van der Waals surface area contributed by atoms with Crippen molar-refractivity contribution in [2.75, 3.05) is 18.9 Å². The van der Waals surface area contributed by atoms with Crippen LogP contribution >= 0.6 is 0 Å². The second kappa shape index (κ2) is 6.82. The molecule has 2 aliphatic rings. The molecule has 4 rings (SSSR count). The molecule has 13 heteroatoms. The van der Waals surface area contributed by atoms with Gasteiger partial charge in [0.1, 0.15) is 54.6 Å². The maximum Gasteiger partial charge on any atom is 0.205 e. The average molecular weight is 399 g/mol. The smallest absolute Gasteiger partial charge is 0.205 e. The van der Waals surface area contributed by atoms with E-state index in [0.717, 1.165) is 6.33 Å². The summed E-state index contributed by atoms with van der Waals surface area (Å²) in [7, 11) is 0. The lowest BCUT2D eigenvalue weighted by molar-refractivity contribution is -0.286. The molecule has 2 saturated heterocycles. The summed E-state index contributed by atoms with van der Waals surface area (Å²) in [5, 5.41) is 61.3. The number of aromatic nitrogens is 4. The van der Waals surface area contributed by atoms with Crippen LogP contribution < -0.4 is 5.73 Å². The Morgan fingerprint density at radius 1 is 1.11 bits per heavy atom. The summed E-state index contributed by atoms with van der Waals surface area (Å²) >= 11 is 0. The number of nitrogen functional groups attached to an aromatic ring is 1. The van der Waals surface area contributed by atoms with Crippen molar-refractivity contribution in [1.29, 1.82) is 0 Å². The summed E-state index contributed by atoms with van der Waals surface area (Å²) < 4.78 is 12.5. The predicted molar refractivity (Wildman–Crippen MR) is 89.4 cm³/mol. The molecule has 2 aromatic heterocycles. The largest absolute Gasteiger partial charge is 0.394 e. The molecule has 0 aliphatic carbocycles. The summed E-state index contributed by atoms with van der Waals surface area (Å²) in [4.78, 5) is 12.0. The van der Waals surface area contributed by atoms with Crippen LogP contribution in [-0.4, -0.2) is 106 Å². The van der Waals surface area contributed by atoms with Gasteiger partial charge in [-0.25, -0.2) is 15.0 Å². The van der Waals surface area contributed by atoms with Gasteiger partial charge in [0.25, 0.3) is 0 Å². The minimum absolute atomic E-state index is 0.0474. The third-order valence-electron chi connectivity index (χ3n) is 5.30. The van der Waals surface area contributed by atoms with Crippen LogP contribution in [0, 0.1) is 0 Å². The van der Waals surface area contributed by atoms with E-state index in [1.54, 1.807) is 0 Å². The van der Waals surface area contributed by atoms with E-state index in [1.807, 2.05) is 0 Å². The molecule has 154 valence electrons. The van der Waals surface area contributed by atoms with E-state index < -0.39 is 55.1 Å². The number of fused-ring (bicyclic) bond motifs is 1. The maximum absolute atomic E-state index is 10.9. The van der Waals surface area contributed by atoms with Crippen LogP contribution in [0.1, 0.15) is 0 Å². The van der Waals surface area contributed by atoms with Crippen LogP contribution in [0.2, 0.25) is 0 Å². The third kappa shape index (κ3) is 2.53. The molecule has 0 radical (unpaired) electrons. The van der Waals surface area contributed by atoms with Crippen LogP contribution in [-0.2, 0) is 15.2 Å². The maximum atomic E-state index is 10.9. The Hall–Kier alpha value is -1.97. The predicted octanol–water partition coefficient (Wildman–Crippen LogP) is -4.34. The first-order valence-corrected chi connectivity index (χ1v) is 8.57. The zero-order valence-corrected chi connectivity index (χ0v) is 14.5. The first kappa shape index (κ1) is 19.4. The average Bonchev–Trinajstić information content (AvgIpc) is 3.22. The molecular weight excluding hydrogens is 378 g/mol. The molecule has 13 nitrogen and oxygen atoms in total. The van der Waals surface area contributed by atoms with E-state index in [4.69, 9.17) is 15.2 Å². The molecule has 2 aliphatic heterocycles. The standard InChI is InChI=1S/C15H21N5O8/c16-13-7-14(18-3-17-13)20(4-19-7)15(11(26)9(24)6(1-21)28-15)12-10(25)8(23)5(22)2-27-12/h3-6,8-12,21-26H,1-2H2,(H2,16,17,18)/t5-,6-,8+,9-,10-,11-,12?,15+/m1/s1. The van der Waals surface area contributed by atoms with Crippen molar-refractivity contribution >= 4 is 17.0 Å². The normalized spacial score (nSPS) is 41.6. The van der Waals surface area contributed by atoms with Crippen molar-refractivity contribution in [2.24, 2.45) is 0 Å². The second-order valence-electron chi connectivity index (χ2n) is 6.87. The fraction of sp³-hybridized carbons (Fsp3) is 0.667. The minimum atomic E-state index is -2.04. The highest BCUT2D eigenvalue weighted by atomic mass is 16.6. The zero-order chi connectivity index (χ0) is 20.2. The molecular formula is C15H21N5O8. The number of aliphatic hydroxyl groups excluding tert-OH is 6. The minimum Gasteiger partial charge on any atom is -0.394 e. The number of nitrogens with zero attached hydrogens (tertiary/aromatic N) is 4. The van der Waals surface area contributed by atoms with E-state index in [1.165, 1.54) is 10.9 Å². The molecule has 8 atom stereocenters. The van der Waals surface area contributed by atoms with E-state index in [9.17, 15) is 30.6 Å². The molecule has 1 unspecified atom stereocenters. The van der Waals surface area contributed by atoms with Crippen LogP contribution in [0.15, 0.2) is 12.7 Å². The van der Waals surface area contributed by atoms with Gasteiger partial charge in [-0.05, 0) is 0 Å². The van der Waals surface area contributed by atoms with Crippen molar-refractivity contribution < 1.29 is 40.1 Å². The molecule has 0 amide bonds. The molecule has 0 aromatic carbocycles. The number of aliphatic hydroxyl groups is 6. The topological polar surface area (TPSA) is 209 Å². The lowest BCUT2D eigenvalue weighted by Gasteiger charge is -2.46. The summed E-state index contributed by atoms with van der Waals surface area (Å²) in [5.74, 6) is 0.0474. The van der Waals surface area contributed by atoms with Crippen molar-refractivity contribution in [3.63, 3.8) is 0 Å². The van der Waals surface area contributed by atoms with Crippen LogP contribution in [0.3, 0.4) is 0 Å². The highest BCUT2D eigenvalue weighted by Crippen LogP contribution is 2.44. The molecule has 4 heterocycles. The second-order valence-corrected chi connectivity index (χ2v) is 6.87. The highest BCUT2D eigenvalue weighted by molar-refractivity contribution is 5.81. The summed E-state index contributed by atoms with van der Waals surface area (Å²) in [6, 6.07) is 0. The zero-order valence-electron chi connectivity index (χ0n) is 14.5. The van der Waals surface area contributed by atoms with Gasteiger partial charge < -0.3 is 45.8 Å². The van der Waals surface area contributed by atoms with Gasteiger partial charge in [0.15, 0.2) is 11.5 Å². The summed E-state index contributed by atoms with van der Waals surface area (Å²) in [6.45, 7) is -1.01. The molecule has 0 saturated carbocycles. The van der Waals surface area contributed by atoms with Crippen molar-refractivity contribution in [1.82, 2.24) is 19.5 Å². The number of nitrogens with two attached hydrogens (primary N) is 1. The third-order valence-corrected chi connectivity index (χ3v) is 5.30. The molecule has 28 heavy (non-hydrogen) atoms. The summed E-state index contributed by atoms with van der Waals surface area (Å²) in [5.41, 5.74) is 4.04. The van der Waals surface area contributed by atoms with Gasteiger partial charge >= 0.3 is 0 Å². The van der Waals surface area contributed by atoms with Crippen molar-refractivity contribution in [2.45, 2.75) is 48.5 Å². The Bertz CT molecular complexity index is 866. The van der Waals surface area contributed by atoms with Gasteiger partial charge in [-0.2, -0.15) is 0 Å². The van der Waals surface area contributed by atoms with Gasteiger partial charge in [0, 0.05) is 0 Å². The number of anilines is 1. The molecule has 0 spiro atoms. The van der Waals surface area contributed by atoms with Gasteiger partial charge in [0.05, 0.1) is 19.5 Å². The summed E-state index contributed by atoms with van der Waals surface area (Å²) in [6.07, 6.45) is -8.28. The molecule has 0 bridgehead atoms. The first-order valence-electron chi connectivity index (χ1n) is 8.57. The quantitative estimate of drug-likeness (QED) is 0.261. The van der Waals surface area contributed by atoms with Gasteiger partial charge in [-0.3, -0.25) is 4.57 Å². The van der Waals surface area contributed by atoms with E-state index >= 15 is 0 Å². The van der Waals surface area contributed by atoms with E-state index in [2.05, 4.69) is 15.0 Å². The Labute approximate surface area is 157 Å². The molecule has 2 aromatic rings. The molecule has 8 N–H and O–H groups in total. The number of hydrogen-bond acceptors (Lipinski definition) is 12. The van der Waals surface area contributed by atoms with Crippen LogP contribution in [0.5, 0.6) is 0 Å². The Morgan fingerprint density at radius 3 is 2.54 bits per heavy atom. The van der Waals surface area contributed by atoms with Crippen molar-refractivity contribution in [3.05, 3.63) is 12.7 Å². The Kier molecular flexibility index (Phi) is 4.71. The lowest BCUT2D eigenvalue weighted by Crippen LogP contribution is -2.65. The van der Waals surface area contributed by atoms with E-state index in [0.29, 0.717) is 0 Å². The van der Waals surface area contributed by atoms with Gasteiger partial charge in [0.2, 0.25) is 5.72 Å². The van der Waals surface area contributed by atoms with Crippen molar-refractivity contribution in [3.8, 4) is 0 Å². The Balaban J connectivity index is 1.91. The number of imidazole rings is 1. The fourth-order valence-electron chi connectivity index (χ4n) is 3.83. The Morgan fingerprint density at radius 2 is 1.86 bits per heavy atom. The number of hydrogen-bond donors (Lipinski definition) is 7. The fourth-order valence-corrected chi connectivity index (χ4v) is 3.83. The molecule has 2 fully saturated rings. The highest BCUT2D eigenvalue weighted by Gasteiger charge is 2.64. The number of rotatable bonds is 3. The van der Waals surface area contributed by atoms with Gasteiger partial charge in [-0.15, -0.1) is 0 Å². The number of ether oxygens (including phenoxy) is 2. The van der Waals surface area contributed by atoms with Crippen LogP contribution in [0.4, 0.5) is 5.82 Å². The first-order chi connectivity index (χ1) is 13.3.